The van der Waals surface area contributed by atoms with E-state index in [-0.39, 0.29) is 80.0 Å². The van der Waals surface area contributed by atoms with E-state index in [9.17, 15) is 29.7 Å². The highest BCUT2D eigenvalue weighted by Crippen LogP contribution is 2.36. The molecule has 0 amide bonds. The van der Waals surface area contributed by atoms with E-state index in [4.69, 9.17) is 0 Å². The molecule has 13 heteroatoms. The fraction of sp³-hybridized carbons (Fsp3) is 0.595. The van der Waals surface area contributed by atoms with Crippen molar-refractivity contribution in [2.45, 2.75) is 57.9 Å². The van der Waals surface area contributed by atoms with Crippen LogP contribution in [0.25, 0.3) is 0 Å². The van der Waals surface area contributed by atoms with Gasteiger partial charge in [0.1, 0.15) is 17.5 Å². The van der Waals surface area contributed by atoms with Gasteiger partial charge in [0, 0.05) is 32.5 Å². The van der Waals surface area contributed by atoms with Gasteiger partial charge >= 0.3 is 17.9 Å². The third-order valence-electron chi connectivity index (χ3n) is 12.2. The summed E-state index contributed by atoms with van der Waals surface area (Å²) in [6.07, 6.45) is 9.84. The highest BCUT2D eigenvalue weighted by molar-refractivity contribution is 5.72. The molecule has 0 aromatic heterocycles. The molecule has 3 heterocycles. The molecule has 2 unspecified atom stereocenters. The average Bonchev–Trinajstić information content (AvgIpc) is 3.93. The van der Waals surface area contributed by atoms with E-state index in [1.54, 1.807) is 0 Å². The summed E-state index contributed by atoms with van der Waals surface area (Å²) in [5.41, 5.74) is 2.42. The van der Waals surface area contributed by atoms with Crippen LogP contribution in [0, 0.1) is 53.2 Å². The number of nitrogens with one attached hydrogen (secondary N) is 3. The molecule has 5 aliphatic rings. The first-order chi connectivity index (χ1) is 26.4. The van der Waals surface area contributed by atoms with Gasteiger partial charge in [0.05, 0.1) is 17.8 Å². The maximum atomic E-state index is 15.3. The molecule has 2 aliphatic carbocycles. The molecule has 6 rings (SSSR count). The minimum absolute atomic E-state index is 0.0338. The summed E-state index contributed by atoms with van der Waals surface area (Å²) in [7, 11) is 0. The Bertz CT molecular complexity index is 1680. The second-order valence-electron chi connectivity index (χ2n) is 16.5. The lowest BCUT2D eigenvalue weighted by molar-refractivity contribution is -0.144. The molecule has 55 heavy (non-hydrogen) atoms. The number of aliphatic carboxylic acids is 3. The molecule has 8 atom stereocenters. The van der Waals surface area contributed by atoms with Crippen molar-refractivity contribution in [1.82, 2.24) is 20.9 Å². The molecule has 0 spiro atoms. The maximum Gasteiger partial charge on any atom is 0.307 e. The number of rotatable bonds is 18. The Labute approximate surface area is 321 Å². The third kappa shape index (κ3) is 11.4. The highest BCUT2D eigenvalue weighted by Gasteiger charge is 2.35. The zero-order valence-corrected chi connectivity index (χ0v) is 31.3. The van der Waals surface area contributed by atoms with E-state index in [1.807, 2.05) is 23.1 Å². The molecular weight excluding hydrogens is 713 g/mol. The van der Waals surface area contributed by atoms with E-state index in [0.717, 1.165) is 38.9 Å². The Balaban J connectivity index is 1.25. The third-order valence-corrected chi connectivity index (χ3v) is 12.2. The fourth-order valence-electron chi connectivity index (χ4n) is 9.60. The van der Waals surface area contributed by atoms with Gasteiger partial charge in [0.25, 0.3) is 0 Å². The first-order valence-electron chi connectivity index (χ1n) is 19.8. The molecule has 3 aliphatic heterocycles. The maximum absolute atomic E-state index is 15.3. The predicted octanol–water partition coefficient (Wildman–Crippen LogP) is 5.48. The number of carbonyl (C=O) groups is 3. The molecule has 1 aromatic carbocycles. The Morgan fingerprint density at radius 2 is 1.16 bits per heavy atom. The van der Waals surface area contributed by atoms with Gasteiger partial charge in [-0.25, -0.2) is 13.2 Å². The summed E-state index contributed by atoms with van der Waals surface area (Å²) in [6.45, 7) is 4.75. The highest BCUT2D eigenvalue weighted by atomic mass is 19.1. The molecule has 300 valence electrons. The zero-order chi connectivity index (χ0) is 39.1. The Morgan fingerprint density at radius 3 is 1.73 bits per heavy atom. The van der Waals surface area contributed by atoms with Crippen molar-refractivity contribution in [1.29, 1.82) is 0 Å². The first-order valence-corrected chi connectivity index (χ1v) is 19.8. The molecule has 1 aromatic rings. The van der Waals surface area contributed by atoms with Crippen molar-refractivity contribution in [3.8, 4) is 0 Å². The summed E-state index contributed by atoms with van der Waals surface area (Å²) >= 11 is 0. The monoisotopic (exact) mass is 768 g/mol. The van der Waals surface area contributed by atoms with E-state index in [1.165, 1.54) is 24.3 Å². The van der Waals surface area contributed by atoms with Gasteiger partial charge in [-0.1, -0.05) is 18.2 Å². The Morgan fingerprint density at radius 1 is 0.655 bits per heavy atom. The van der Waals surface area contributed by atoms with E-state index in [0.29, 0.717) is 54.9 Å². The van der Waals surface area contributed by atoms with E-state index in [2.05, 4.69) is 16.0 Å². The van der Waals surface area contributed by atoms with Gasteiger partial charge < -0.3 is 31.3 Å². The fourth-order valence-corrected chi connectivity index (χ4v) is 9.60. The second-order valence-corrected chi connectivity index (χ2v) is 16.5. The number of benzene rings is 1. The summed E-state index contributed by atoms with van der Waals surface area (Å²) in [6, 6.07) is 4.58. The van der Waals surface area contributed by atoms with Gasteiger partial charge in [-0.3, -0.25) is 19.3 Å². The number of halogens is 3. The standard InChI is InChI=1S/C42H55F3N4O6/c43-34-10-25(16-37(40(50)51)31-1-4-46-19-31)7-28(13-34)22-49(23-29-8-26(11-35(44)14-29)17-38(41(52)53)32-2-5-47-20-32)24-30-9-27(12-36(45)15-30)18-39(42(54)55)33-3-6-48-21-33/h7-11,13,15,27,29,31-33,37-39,46-48H,1-6,12,14,16-24H2,(H,50,51)(H,52,53)(H,54,55)/t27?,29?,31-,32-,33-,37-,38-,39-/m0/s1. The van der Waals surface area contributed by atoms with Crippen molar-refractivity contribution in [2.75, 3.05) is 52.4 Å². The second kappa shape index (κ2) is 18.9. The van der Waals surface area contributed by atoms with Crippen molar-refractivity contribution in [3.05, 3.63) is 82.2 Å². The van der Waals surface area contributed by atoms with Gasteiger partial charge in [-0.05, 0) is 154 Å². The minimum atomic E-state index is -0.924. The van der Waals surface area contributed by atoms with Crippen LogP contribution in [0.4, 0.5) is 13.2 Å². The molecule has 10 nitrogen and oxygen atoms in total. The van der Waals surface area contributed by atoms with Crippen LogP contribution < -0.4 is 16.0 Å². The van der Waals surface area contributed by atoms with Crippen LogP contribution in [0.1, 0.15) is 56.1 Å². The largest absolute Gasteiger partial charge is 0.481 e. The lowest BCUT2D eigenvalue weighted by Crippen LogP contribution is -2.32. The summed E-state index contributed by atoms with van der Waals surface area (Å²) in [5.74, 6) is -6.72. The van der Waals surface area contributed by atoms with Crippen molar-refractivity contribution in [3.63, 3.8) is 0 Å². The van der Waals surface area contributed by atoms with E-state index < -0.39 is 41.5 Å². The number of nitrogens with zero attached hydrogens (tertiary/aromatic N) is 1. The molecule has 3 fully saturated rings. The van der Waals surface area contributed by atoms with Crippen molar-refractivity contribution in [2.24, 2.45) is 47.3 Å². The smallest absolute Gasteiger partial charge is 0.307 e. The van der Waals surface area contributed by atoms with Crippen LogP contribution in [0.15, 0.2) is 65.3 Å². The minimum Gasteiger partial charge on any atom is -0.481 e. The number of carboxylic acids is 3. The lowest BCUT2D eigenvalue weighted by atomic mass is 9.80. The quantitative estimate of drug-likeness (QED) is 0.113. The van der Waals surface area contributed by atoms with E-state index >= 15 is 13.2 Å². The van der Waals surface area contributed by atoms with Crippen LogP contribution in [0.3, 0.4) is 0 Å². The predicted molar refractivity (Wildman–Crippen MR) is 202 cm³/mol. The van der Waals surface area contributed by atoms with Crippen LogP contribution in [0.2, 0.25) is 0 Å². The summed E-state index contributed by atoms with van der Waals surface area (Å²) < 4.78 is 45.8. The van der Waals surface area contributed by atoms with Crippen LogP contribution in [-0.4, -0.2) is 90.5 Å². The van der Waals surface area contributed by atoms with Gasteiger partial charge in [-0.15, -0.1) is 0 Å². The number of hydrogen-bond donors (Lipinski definition) is 6. The average molecular weight is 769 g/mol. The Hall–Kier alpha value is -3.78. The normalized spacial score (nSPS) is 27.2. The molecule has 6 N–H and O–H groups in total. The molecule has 0 radical (unpaired) electrons. The number of allylic oxidation sites excluding steroid dienone is 5. The molecule has 3 saturated heterocycles. The van der Waals surface area contributed by atoms with Crippen molar-refractivity contribution < 1.29 is 42.9 Å². The van der Waals surface area contributed by atoms with Gasteiger partial charge in [-0.2, -0.15) is 0 Å². The van der Waals surface area contributed by atoms with Gasteiger partial charge in [0.2, 0.25) is 0 Å². The van der Waals surface area contributed by atoms with Crippen molar-refractivity contribution >= 4 is 17.9 Å². The first kappa shape index (κ1) is 40.9. The number of carboxylic acid groups (broad SMARTS) is 3. The zero-order valence-electron chi connectivity index (χ0n) is 31.3. The topological polar surface area (TPSA) is 151 Å². The Kier molecular flexibility index (Phi) is 14.0. The van der Waals surface area contributed by atoms with Crippen LogP contribution in [-0.2, 0) is 27.3 Å². The molecular formula is C42H55F3N4O6. The van der Waals surface area contributed by atoms with Gasteiger partial charge in [0.15, 0.2) is 0 Å². The molecule has 0 saturated carbocycles. The molecule has 0 bridgehead atoms. The summed E-state index contributed by atoms with van der Waals surface area (Å²) in [4.78, 5) is 38.8. The SMILES string of the molecule is O=C(O)[C@@H](CC1=CC(CN(CC2=CC(C[C@H](C(=O)O)[C@H]3CCNC3)CC(F)=C2)Cc2cc(F)cc(C[C@H](C(=O)O)[C@H]3CCNC3)c2)CC(F)=C1)[C@H]1CCNC1. The van der Waals surface area contributed by atoms with Crippen LogP contribution >= 0.6 is 0 Å². The number of hydrogen-bond acceptors (Lipinski definition) is 7. The van der Waals surface area contributed by atoms with Crippen LogP contribution in [0.5, 0.6) is 0 Å². The summed E-state index contributed by atoms with van der Waals surface area (Å²) in [5, 5.41) is 39.8. The lowest BCUT2D eigenvalue weighted by Gasteiger charge is -2.31.